The van der Waals surface area contributed by atoms with Crippen molar-refractivity contribution in [1.82, 2.24) is 4.98 Å². The predicted octanol–water partition coefficient (Wildman–Crippen LogP) is 4.90. The molecule has 0 amide bonds. The molecule has 3 aromatic carbocycles. The summed E-state index contributed by atoms with van der Waals surface area (Å²) in [4.78, 5) is 16.2. The van der Waals surface area contributed by atoms with Crippen LogP contribution >= 0.6 is 0 Å². The van der Waals surface area contributed by atoms with Gasteiger partial charge >= 0.3 is 5.97 Å². The van der Waals surface area contributed by atoms with Gasteiger partial charge in [0.1, 0.15) is 0 Å². The molecule has 32 heavy (non-hydrogen) atoms. The summed E-state index contributed by atoms with van der Waals surface area (Å²) in [6.07, 6.45) is 0. The first kappa shape index (κ1) is 21.3. The summed E-state index contributed by atoms with van der Waals surface area (Å²) in [6.45, 7) is 1.73. The molecule has 0 fully saturated rings. The molecule has 0 spiro atoms. The number of rotatable bonds is 6. The van der Waals surface area contributed by atoms with E-state index in [-0.39, 0.29) is 27.9 Å². The first-order valence-corrected chi connectivity index (χ1v) is 11.2. The Balaban J connectivity index is 1.81. The van der Waals surface area contributed by atoms with Crippen molar-refractivity contribution in [3.05, 3.63) is 90.0 Å². The summed E-state index contributed by atoms with van der Waals surface area (Å²) in [6, 6.07) is 22.6. The van der Waals surface area contributed by atoms with Gasteiger partial charge in [-0.05, 0) is 36.8 Å². The van der Waals surface area contributed by atoms with E-state index in [4.69, 9.17) is 9.15 Å². The van der Waals surface area contributed by atoms with Crippen LogP contribution in [0.5, 0.6) is 0 Å². The molecule has 0 bridgehead atoms. The largest absolute Gasteiger partial charge is 0.465 e. The van der Waals surface area contributed by atoms with Crippen molar-refractivity contribution < 1.29 is 22.4 Å². The molecule has 8 heteroatoms. The van der Waals surface area contributed by atoms with E-state index in [2.05, 4.69) is 9.71 Å². The van der Waals surface area contributed by atoms with Gasteiger partial charge in [-0.25, -0.2) is 4.79 Å². The van der Waals surface area contributed by atoms with Crippen LogP contribution in [-0.4, -0.2) is 26.5 Å². The topological polar surface area (TPSA) is 98.5 Å². The zero-order valence-electron chi connectivity index (χ0n) is 17.4. The standard InChI is InChI=1S/C24H20N2O5S/c1-16-13-14-19(24(27)30-2)15-20(16)26-32(28,29)23-21(17-9-5-3-6-10-17)31-22(25-23)18-11-7-4-8-12-18/h3-15,26H,1-2H3. The van der Waals surface area contributed by atoms with E-state index < -0.39 is 16.0 Å². The van der Waals surface area contributed by atoms with Gasteiger partial charge in [-0.15, -0.1) is 0 Å². The van der Waals surface area contributed by atoms with Crippen molar-refractivity contribution in [2.75, 3.05) is 11.8 Å². The number of carbonyl (C=O) groups excluding carboxylic acids is 1. The number of nitrogens with one attached hydrogen (secondary N) is 1. The molecular formula is C24H20N2O5S. The molecule has 1 N–H and O–H groups in total. The van der Waals surface area contributed by atoms with E-state index >= 15 is 0 Å². The summed E-state index contributed by atoms with van der Waals surface area (Å²) in [5.74, 6) is -0.258. The first-order valence-electron chi connectivity index (χ1n) is 9.72. The second-order valence-electron chi connectivity index (χ2n) is 7.01. The van der Waals surface area contributed by atoms with Gasteiger partial charge in [0.25, 0.3) is 10.0 Å². The van der Waals surface area contributed by atoms with Crippen LogP contribution in [0.4, 0.5) is 5.69 Å². The van der Waals surface area contributed by atoms with Gasteiger partial charge in [-0.1, -0.05) is 54.6 Å². The number of nitrogens with zero attached hydrogens (tertiary/aromatic N) is 1. The van der Waals surface area contributed by atoms with E-state index in [1.54, 1.807) is 55.5 Å². The maximum Gasteiger partial charge on any atom is 0.337 e. The summed E-state index contributed by atoms with van der Waals surface area (Å²) in [7, 11) is -2.90. The van der Waals surface area contributed by atoms with E-state index in [9.17, 15) is 13.2 Å². The lowest BCUT2D eigenvalue weighted by molar-refractivity contribution is 0.0600. The summed E-state index contributed by atoms with van der Waals surface area (Å²) >= 11 is 0. The average molecular weight is 449 g/mol. The predicted molar refractivity (Wildman–Crippen MR) is 121 cm³/mol. The number of aryl methyl sites for hydroxylation is 1. The SMILES string of the molecule is COC(=O)c1ccc(C)c(NS(=O)(=O)c2nc(-c3ccccc3)oc2-c2ccccc2)c1. The Labute approximate surface area is 185 Å². The number of hydrogen-bond donors (Lipinski definition) is 1. The van der Waals surface area contributed by atoms with Crippen molar-refractivity contribution >= 4 is 21.7 Å². The quantitative estimate of drug-likeness (QED) is 0.421. The zero-order chi connectivity index (χ0) is 22.7. The van der Waals surface area contributed by atoms with Gasteiger partial charge in [-0.3, -0.25) is 4.72 Å². The number of oxazole rings is 1. The molecule has 0 aliphatic carbocycles. The van der Waals surface area contributed by atoms with Crippen molar-refractivity contribution in [1.29, 1.82) is 0 Å². The molecule has 0 unspecified atom stereocenters. The molecule has 0 radical (unpaired) electrons. The Morgan fingerprint density at radius 3 is 2.19 bits per heavy atom. The monoisotopic (exact) mass is 448 g/mol. The zero-order valence-corrected chi connectivity index (χ0v) is 18.2. The molecule has 0 aliphatic rings. The number of sulfonamides is 1. The van der Waals surface area contributed by atoms with Crippen LogP contribution in [0, 0.1) is 6.92 Å². The third-order valence-electron chi connectivity index (χ3n) is 4.81. The third-order valence-corrected chi connectivity index (χ3v) is 6.08. The first-order chi connectivity index (χ1) is 15.4. The maximum atomic E-state index is 13.4. The molecule has 4 rings (SSSR count). The van der Waals surface area contributed by atoms with Gasteiger partial charge < -0.3 is 9.15 Å². The number of benzene rings is 3. The van der Waals surface area contributed by atoms with Gasteiger partial charge in [0.05, 0.1) is 18.4 Å². The number of carbonyl (C=O) groups is 1. The number of hydrogen-bond acceptors (Lipinski definition) is 6. The number of methoxy groups -OCH3 is 1. The third kappa shape index (κ3) is 4.26. The molecule has 0 atom stereocenters. The van der Waals surface area contributed by atoms with E-state index in [1.165, 1.54) is 13.2 Å². The molecule has 1 aromatic heterocycles. The molecule has 162 valence electrons. The van der Waals surface area contributed by atoms with Gasteiger partial charge in [0.2, 0.25) is 10.9 Å². The van der Waals surface area contributed by atoms with Gasteiger partial charge in [0, 0.05) is 11.1 Å². The highest BCUT2D eigenvalue weighted by Crippen LogP contribution is 2.33. The second kappa shape index (κ2) is 8.68. The Morgan fingerprint density at radius 1 is 0.938 bits per heavy atom. The molecule has 0 aliphatic heterocycles. The lowest BCUT2D eigenvalue weighted by atomic mass is 10.1. The number of aromatic nitrogens is 1. The van der Waals surface area contributed by atoms with Crippen molar-refractivity contribution in [2.24, 2.45) is 0 Å². The van der Waals surface area contributed by atoms with Gasteiger partial charge in [0.15, 0.2) is 5.76 Å². The fourth-order valence-corrected chi connectivity index (χ4v) is 4.35. The van der Waals surface area contributed by atoms with E-state index in [0.717, 1.165) is 0 Å². The highest BCUT2D eigenvalue weighted by molar-refractivity contribution is 7.92. The van der Waals surface area contributed by atoms with Crippen LogP contribution in [0.15, 0.2) is 88.3 Å². The maximum absolute atomic E-state index is 13.4. The van der Waals surface area contributed by atoms with Crippen LogP contribution < -0.4 is 4.72 Å². The fourth-order valence-electron chi connectivity index (χ4n) is 3.13. The lowest BCUT2D eigenvalue weighted by Crippen LogP contribution is -2.16. The summed E-state index contributed by atoms with van der Waals surface area (Å²) in [5, 5.41) is -0.245. The Bertz CT molecular complexity index is 1360. The van der Waals surface area contributed by atoms with Gasteiger partial charge in [-0.2, -0.15) is 13.4 Å². The molecule has 4 aromatic rings. The van der Waals surface area contributed by atoms with Crippen LogP contribution in [0.25, 0.3) is 22.8 Å². The molecule has 1 heterocycles. The number of esters is 1. The highest BCUT2D eigenvalue weighted by Gasteiger charge is 2.28. The lowest BCUT2D eigenvalue weighted by Gasteiger charge is -2.11. The van der Waals surface area contributed by atoms with Crippen molar-refractivity contribution in [3.8, 4) is 22.8 Å². The molecular weight excluding hydrogens is 428 g/mol. The number of anilines is 1. The molecule has 0 saturated heterocycles. The number of ether oxygens (including phenoxy) is 1. The minimum absolute atomic E-state index is 0.124. The normalized spacial score (nSPS) is 11.2. The minimum Gasteiger partial charge on any atom is -0.465 e. The van der Waals surface area contributed by atoms with Crippen molar-refractivity contribution in [3.63, 3.8) is 0 Å². The second-order valence-corrected chi connectivity index (χ2v) is 8.61. The van der Waals surface area contributed by atoms with Crippen LogP contribution in [0.1, 0.15) is 15.9 Å². The fraction of sp³-hybridized carbons (Fsp3) is 0.0833. The van der Waals surface area contributed by atoms with E-state index in [1.807, 2.05) is 24.3 Å². The van der Waals surface area contributed by atoms with Crippen LogP contribution in [0.3, 0.4) is 0 Å². The minimum atomic E-state index is -4.16. The highest BCUT2D eigenvalue weighted by atomic mass is 32.2. The molecule has 7 nitrogen and oxygen atoms in total. The summed E-state index contributed by atoms with van der Waals surface area (Å²) < 4.78 is 40.0. The van der Waals surface area contributed by atoms with Crippen molar-refractivity contribution in [2.45, 2.75) is 11.9 Å². The Morgan fingerprint density at radius 2 is 1.56 bits per heavy atom. The van der Waals surface area contributed by atoms with Crippen LogP contribution in [0.2, 0.25) is 0 Å². The summed E-state index contributed by atoms with van der Waals surface area (Å²) in [5.41, 5.74) is 2.33. The van der Waals surface area contributed by atoms with E-state index in [0.29, 0.717) is 16.7 Å². The molecule has 0 saturated carbocycles. The Kier molecular flexibility index (Phi) is 5.79. The smallest absolute Gasteiger partial charge is 0.337 e. The Hall–Kier alpha value is -3.91. The van der Waals surface area contributed by atoms with Crippen LogP contribution in [-0.2, 0) is 14.8 Å². The average Bonchev–Trinajstić information content (AvgIpc) is 3.28.